The predicted molar refractivity (Wildman–Crippen MR) is 125 cm³/mol. The van der Waals surface area contributed by atoms with Gasteiger partial charge in [0.25, 0.3) is 11.8 Å². The number of benzene rings is 2. The fourth-order valence-electron chi connectivity index (χ4n) is 3.58. The fourth-order valence-corrected chi connectivity index (χ4v) is 5.12. The molecular weight excluding hydrogens is 426 g/mol. The number of hydrogen-bond acceptors (Lipinski definition) is 4. The normalized spacial score (nSPS) is 15.2. The van der Waals surface area contributed by atoms with Crippen molar-refractivity contribution in [3.8, 4) is 0 Å². The smallest absolute Gasteiger partial charge is 0.255 e. The van der Waals surface area contributed by atoms with E-state index in [2.05, 4.69) is 10.6 Å². The largest absolute Gasteiger partial charge is 0.347 e. The fraction of sp³-hybridized carbons (Fsp3) is 0.417. The van der Waals surface area contributed by atoms with Crippen molar-refractivity contribution < 1.29 is 18.0 Å². The quantitative estimate of drug-likeness (QED) is 0.711. The van der Waals surface area contributed by atoms with E-state index in [1.165, 1.54) is 10.4 Å². The monoisotopic (exact) mass is 457 g/mol. The van der Waals surface area contributed by atoms with Gasteiger partial charge in [0.05, 0.1) is 4.90 Å². The lowest BCUT2D eigenvalue weighted by Gasteiger charge is -2.26. The number of carbonyl (C=O) groups is 2. The first kappa shape index (κ1) is 23.9. The molecule has 0 unspecified atom stereocenters. The highest BCUT2D eigenvalue weighted by molar-refractivity contribution is 7.89. The van der Waals surface area contributed by atoms with Crippen LogP contribution in [0.25, 0.3) is 0 Å². The molecular formula is C24H31N3O4S. The molecule has 3 rings (SSSR count). The zero-order chi connectivity index (χ0) is 23.5. The summed E-state index contributed by atoms with van der Waals surface area (Å²) in [5, 5.41) is 5.68. The summed E-state index contributed by atoms with van der Waals surface area (Å²) in [6.45, 7) is 8.50. The minimum Gasteiger partial charge on any atom is -0.347 e. The maximum Gasteiger partial charge on any atom is 0.255 e. The van der Waals surface area contributed by atoms with Crippen molar-refractivity contribution in [2.24, 2.45) is 0 Å². The van der Waals surface area contributed by atoms with Crippen LogP contribution in [-0.4, -0.2) is 43.2 Å². The molecule has 2 aromatic rings. The van der Waals surface area contributed by atoms with E-state index >= 15 is 0 Å². The van der Waals surface area contributed by atoms with Crippen LogP contribution in [-0.2, 0) is 10.0 Å². The molecule has 172 valence electrons. The van der Waals surface area contributed by atoms with E-state index < -0.39 is 15.9 Å². The predicted octanol–water partition coefficient (Wildman–Crippen LogP) is 3.95. The molecule has 0 bridgehead atoms. The van der Waals surface area contributed by atoms with Gasteiger partial charge in [-0.3, -0.25) is 9.59 Å². The Kier molecular flexibility index (Phi) is 7.05. The minimum atomic E-state index is -3.63. The molecule has 2 aromatic carbocycles. The van der Waals surface area contributed by atoms with E-state index in [-0.39, 0.29) is 16.3 Å². The number of nitrogens with one attached hydrogen (secondary N) is 2. The van der Waals surface area contributed by atoms with Crippen molar-refractivity contribution in [3.05, 3.63) is 59.2 Å². The van der Waals surface area contributed by atoms with E-state index in [4.69, 9.17) is 0 Å². The molecule has 0 spiro atoms. The first-order chi connectivity index (χ1) is 15.0. The summed E-state index contributed by atoms with van der Waals surface area (Å²) in [6, 6.07) is 11.2. The molecule has 1 aliphatic heterocycles. The van der Waals surface area contributed by atoms with Gasteiger partial charge in [-0.2, -0.15) is 4.31 Å². The standard InChI is InChI=1S/C24H31N3O4S/c1-17-8-13-20(32(30,31)27-14-6-5-7-15-27)16-21(17)23(29)25-19-11-9-18(10-12-19)22(28)26-24(2,3)4/h8-13,16H,5-7,14-15H2,1-4H3,(H,25,29)(H,26,28). The lowest BCUT2D eigenvalue weighted by Crippen LogP contribution is -2.40. The third kappa shape index (κ3) is 5.75. The number of aryl methyl sites for hydroxylation is 1. The Hall–Kier alpha value is -2.71. The van der Waals surface area contributed by atoms with E-state index in [0.717, 1.165) is 19.3 Å². The molecule has 1 aliphatic rings. The first-order valence-electron chi connectivity index (χ1n) is 10.8. The third-order valence-corrected chi connectivity index (χ3v) is 7.19. The zero-order valence-corrected chi connectivity index (χ0v) is 19.9. The maximum atomic E-state index is 13.0. The van der Waals surface area contributed by atoms with Gasteiger partial charge in [-0.15, -0.1) is 0 Å². The molecule has 0 aliphatic carbocycles. The zero-order valence-electron chi connectivity index (χ0n) is 19.1. The second-order valence-corrected chi connectivity index (χ2v) is 11.1. The van der Waals surface area contributed by atoms with E-state index in [9.17, 15) is 18.0 Å². The Morgan fingerprint density at radius 1 is 0.906 bits per heavy atom. The molecule has 2 amide bonds. The summed E-state index contributed by atoms with van der Waals surface area (Å²) >= 11 is 0. The Balaban J connectivity index is 1.76. The van der Waals surface area contributed by atoms with Gasteiger partial charge in [-0.25, -0.2) is 8.42 Å². The molecule has 0 saturated carbocycles. The summed E-state index contributed by atoms with van der Waals surface area (Å²) < 4.78 is 27.5. The molecule has 2 N–H and O–H groups in total. The van der Waals surface area contributed by atoms with Crippen LogP contribution in [0.5, 0.6) is 0 Å². The van der Waals surface area contributed by atoms with Gasteiger partial charge < -0.3 is 10.6 Å². The van der Waals surface area contributed by atoms with Crippen LogP contribution < -0.4 is 10.6 Å². The lowest BCUT2D eigenvalue weighted by atomic mass is 10.1. The Morgan fingerprint density at radius 3 is 2.12 bits per heavy atom. The van der Waals surface area contributed by atoms with Gasteiger partial charge in [0.2, 0.25) is 10.0 Å². The van der Waals surface area contributed by atoms with Gasteiger partial charge in [0.15, 0.2) is 0 Å². The van der Waals surface area contributed by atoms with Crippen molar-refractivity contribution in [2.75, 3.05) is 18.4 Å². The van der Waals surface area contributed by atoms with Crippen LogP contribution in [0.15, 0.2) is 47.4 Å². The molecule has 8 heteroatoms. The Morgan fingerprint density at radius 2 is 1.53 bits per heavy atom. The maximum absolute atomic E-state index is 13.0. The number of rotatable bonds is 5. The highest BCUT2D eigenvalue weighted by atomic mass is 32.2. The average molecular weight is 458 g/mol. The second-order valence-electron chi connectivity index (χ2n) is 9.18. The van der Waals surface area contributed by atoms with Crippen molar-refractivity contribution in [1.82, 2.24) is 9.62 Å². The van der Waals surface area contributed by atoms with E-state index in [0.29, 0.717) is 35.5 Å². The number of piperidine rings is 1. The number of sulfonamides is 1. The van der Waals surface area contributed by atoms with Crippen molar-refractivity contribution >= 4 is 27.5 Å². The number of hydrogen-bond donors (Lipinski definition) is 2. The minimum absolute atomic E-state index is 0.129. The first-order valence-corrected chi connectivity index (χ1v) is 12.3. The highest BCUT2D eigenvalue weighted by Crippen LogP contribution is 2.23. The number of anilines is 1. The van der Waals surface area contributed by atoms with Gasteiger partial charge >= 0.3 is 0 Å². The van der Waals surface area contributed by atoms with Crippen LogP contribution >= 0.6 is 0 Å². The molecule has 7 nitrogen and oxygen atoms in total. The summed E-state index contributed by atoms with van der Waals surface area (Å²) in [7, 11) is -3.63. The molecule has 0 atom stereocenters. The van der Waals surface area contributed by atoms with Crippen molar-refractivity contribution in [2.45, 2.75) is 57.4 Å². The highest BCUT2D eigenvalue weighted by Gasteiger charge is 2.27. The molecule has 1 fully saturated rings. The average Bonchev–Trinajstić information content (AvgIpc) is 2.73. The number of carbonyl (C=O) groups excluding carboxylic acids is 2. The Bertz CT molecular complexity index is 1100. The number of nitrogens with zero attached hydrogens (tertiary/aromatic N) is 1. The van der Waals surface area contributed by atoms with Crippen LogP contribution in [0.2, 0.25) is 0 Å². The van der Waals surface area contributed by atoms with Crippen LogP contribution in [0, 0.1) is 6.92 Å². The molecule has 1 heterocycles. The second kappa shape index (κ2) is 9.42. The summed E-state index contributed by atoms with van der Waals surface area (Å²) in [6.07, 6.45) is 2.73. The lowest BCUT2D eigenvalue weighted by molar-refractivity contribution is 0.0919. The van der Waals surface area contributed by atoms with Crippen molar-refractivity contribution in [3.63, 3.8) is 0 Å². The SMILES string of the molecule is Cc1ccc(S(=O)(=O)N2CCCCC2)cc1C(=O)Nc1ccc(C(=O)NC(C)(C)C)cc1. The topological polar surface area (TPSA) is 95.6 Å². The molecule has 32 heavy (non-hydrogen) atoms. The van der Waals surface area contributed by atoms with E-state index in [1.54, 1.807) is 43.3 Å². The van der Waals surface area contributed by atoms with Crippen molar-refractivity contribution in [1.29, 1.82) is 0 Å². The van der Waals surface area contributed by atoms with Gasteiger partial charge in [0, 0.05) is 35.4 Å². The van der Waals surface area contributed by atoms with Gasteiger partial charge in [-0.1, -0.05) is 12.5 Å². The van der Waals surface area contributed by atoms with Gasteiger partial charge in [-0.05, 0) is 82.5 Å². The Labute approximate surface area is 190 Å². The third-order valence-electron chi connectivity index (χ3n) is 5.30. The van der Waals surface area contributed by atoms with E-state index in [1.807, 2.05) is 20.8 Å². The molecule has 0 aromatic heterocycles. The van der Waals surface area contributed by atoms with Crippen LogP contribution in [0.4, 0.5) is 5.69 Å². The van der Waals surface area contributed by atoms with Gasteiger partial charge in [0.1, 0.15) is 0 Å². The molecule has 1 saturated heterocycles. The van der Waals surface area contributed by atoms with Crippen LogP contribution in [0.3, 0.4) is 0 Å². The summed E-state index contributed by atoms with van der Waals surface area (Å²) in [5.41, 5.74) is 1.65. The molecule has 0 radical (unpaired) electrons. The summed E-state index contributed by atoms with van der Waals surface area (Å²) in [5.74, 6) is -0.591. The number of amides is 2. The van der Waals surface area contributed by atoms with Crippen LogP contribution in [0.1, 0.15) is 66.3 Å². The summed E-state index contributed by atoms with van der Waals surface area (Å²) in [4.78, 5) is 25.3.